The minimum atomic E-state index is -3.37. The molecular formula is C31H39Cl2FN6O5S. The highest BCUT2D eigenvalue weighted by molar-refractivity contribution is 7.92. The topological polar surface area (TPSA) is 147 Å². The van der Waals surface area contributed by atoms with E-state index >= 15 is 0 Å². The Morgan fingerprint density at radius 1 is 1.17 bits per heavy atom. The number of aromatic nitrogens is 1. The molecule has 1 saturated heterocycles. The first kappa shape index (κ1) is 36.8. The fraction of sp³-hybridized carbons (Fsp3) is 0.387. The molecule has 46 heavy (non-hydrogen) atoms. The van der Waals surface area contributed by atoms with Crippen LogP contribution in [0.4, 0.5) is 20.6 Å². The summed E-state index contributed by atoms with van der Waals surface area (Å²) in [6.07, 6.45) is 6.03. The number of rotatable bonds is 12. The van der Waals surface area contributed by atoms with Crippen molar-refractivity contribution in [3.63, 3.8) is 0 Å². The number of halogens is 3. The third-order valence-corrected chi connectivity index (χ3v) is 8.39. The quantitative estimate of drug-likeness (QED) is 0.205. The number of ether oxygens (including phenoxy) is 1. The number of hydrogen-bond acceptors (Lipinski definition) is 7. The molecule has 0 spiro atoms. The van der Waals surface area contributed by atoms with Crippen molar-refractivity contribution in [3.8, 4) is 11.6 Å². The monoisotopic (exact) mass is 696 g/mol. The molecule has 3 aromatic rings. The van der Waals surface area contributed by atoms with Crippen LogP contribution in [0.15, 0.2) is 48.7 Å². The second-order valence-corrected chi connectivity index (χ2v) is 13.3. The summed E-state index contributed by atoms with van der Waals surface area (Å²) in [6.45, 7) is 6.57. The number of likely N-dealkylation sites (tertiary alicyclic amines) is 1. The SMILES string of the molecule is CCCCN(C(=O)Nc1cc(C(N)=O)c(Cl)cc1F)C1CCN(Cc2ccc(Oc3ccc(NS(C)(=O)=O)cc3C)nc2)CC1.Cl. The number of carbonyl (C=O) groups excluding carboxylic acids is 2. The van der Waals surface area contributed by atoms with Crippen LogP contribution in [-0.4, -0.2) is 67.1 Å². The van der Waals surface area contributed by atoms with Crippen molar-refractivity contribution in [2.75, 3.05) is 35.9 Å². The molecule has 1 fully saturated rings. The van der Waals surface area contributed by atoms with Gasteiger partial charge in [0.05, 0.1) is 22.5 Å². The molecule has 0 atom stereocenters. The van der Waals surface area contributed by atoms with Gasteiger partial charge in [-0.25, -0.2) is 22.6 Å². The first-order valence-corrected chi connectivity index (χ1v) is 16.9. The highest BCUT2D eigenvalue weighted by Crippen LogP contribution is 2.28. The van der Waals surface area contributed by atoms with Crippen LogP contribution in [-0.2, 0) is 16.6 Å². The van der Waals surface area contributed by atoms with Crippen molar-refractivity contribution in [1.82, 2.24) is 14.8 Å². The van der Waals surface area contributed by atoms with Crippen molar-refractivity contribution in [2.24, 2.45) is 5.73 Å². The average molecular weight is 698 g/mol. The van der Waals surface area contributed by atoms with Crippen LogP contribution in [0.5, 0.6) is 11.6 Å². The molecule has 4 rings (SSSR count). The molecule has 4 N–H and O–H groups in total. The van der Waals surface area contributed by atoms with E-state index in [1.54, 1.807) is 35.4 Å². The zero-order valence-corrected chi connectivity index (χ0v) is 28.3. The van der Waals surface area contributed by atoms with Gasteiger partial charge in [0.25, 0.3) is 0 Å². The van der Waals surface area contributed by atoms with Crippen molar-refractivity contribution in [2.45, 2.75) is 52.1 Å². The highest BCUT2D eigenvalue weighted by atomic mass is 35.5. The zero-order valence-electron chi connectivity index (χ0n) is 25.9. The summed E-state index contributed by atoms with van der Waals surface area (Å²) in [6, 6.07) is 10.4. The molecule has 11 nitrogen and oxygen atoms in total. The van der Waals surface area contributed by atoms with Crippen LogP contribution in [0, 0.1) is 12.7 Å². The number of sulfonamides is 1. The van der Waals surface area contributed by atoms with Crippen LogP contribution in [0.2, 0.25) is 5.02 Å². The van der Waals surface area contributed by atoms with E-state index in [1.165, 1.54) is 6.07 Å². The van der Waals surface area contributed by atoms with E-state index in [4.69, 9.17) is 22.1 Å². The van der Waals surface area contributed by atoms with E-state index in [-0.39, 0.29) is 34.7 Å². The number of anilines is 2. The van der Waals surface area contributed by atoms with Crippen molar-refractivity contribution in [1.29, 1.82) is 0 Å². The predicted molar refractivity (Wildman–Crippen MR) is 180 cm³/mol. The second kappa shape index (κ2) is 16.3. The average Bonchev–Trinajstić information content (AvgIpc) is 2.97. The first-order valence-electron chi connectivity index (χ1n) is 14.6. The number of nitrogens with zero attached hydrogens (tertiary/aromatic N) is 3. The van der Waals surface area contributed by atoms with Crippen LogP contribution < -0.4 is 20.5 Å². The molecule has 0 radical (unpaired) electrons. The number of amides is 3. The van der Waals surface area contributed by atoms with Crippen molar-refractivity contribution in [3.05, 3.63) is 76.2 Å². The number of pyridine rings is 1. The second-order valence-electron chi connectivity index (χ2n) is 11.1. The Hall–Kier alpha value is -3.65. The minimum Gasteiger partial charge on any atom is -0.439 e. The molecule has 3 amide bonds. The standard InChI is InChI=1S/C31H38ClFN6O5S.ClH/c1-4-5-12-39(31(41)36-27-16-24(30(34)40)25(32)17-26(27)33)23-10-13-38(14-11-23)19-21-6-9-29(35-18-21)44-28-8-7-22(15-20(28)2)37-45(3,42)43;/h6-9,15-18,23,37H,4-5,10-14,19H2,1-3H3,(H2,34,40)(H,36,41);1H. The third kappa shape index (κ3) is 10.2. The Bertz CT molecular complexity index is 1640. The molecule has 0 aliphatic carbocycles. The summed E-state index contributed by atoms with van der Waals surface area (Å²) in [4.78, 5) is 33.4. The van der Waals surface area contributed by atoms with Gasteiger partial charge in [-0.3, -0.25) is 14.4 Å². The van der Waals surface area contributed by atoms with Crippen LogP contribution >= 0.6 is 24.0 Å². The lowest BCUT2D eigenvalue weighted by Gasteiger charge is -2.38. The largest absolute Gasteiger partial charge is 0.439 e. The highest BCUT2D eigenvalue weighted by Gasteiger charge is 2.28. The number of nitrogens with one attached hydrogen (secondary N) is 2. The number of benzene rings is 2. The van der Waals surface area contributed by atoms with Gasteiger partial charge in [0.1, 0.15) is 11.6 Å². The van der Waals surface area contributed by atoms with Crippen LogP contribution in [0.3, 0.4) is 0 Å². The van der Waals surface area contributed by atoms with E-state index in [2.05, 4.69) is 19.9 Å². The Balaban J connectivity index is 0.00000576. The lowest BCUT2D eigenvalue weighted by Crippen LogP contribution is -2.49. The molecule has 2 aromatic carbocycles. The molecular weight excluding hydrogens is 658 g/mol. The molecule has 2 heterocycles. The minimum absolute atomic E-state index is 0. The number of aryl methyl sites for hydroxylation is 1. The van der Waals surface area contributed by atoms with Gasteiger partial charge >= 0.3 is 6.03 Å². The summed E-state index contributed by atoms with van der Waals surface area (Å²) < 4.78 is 45.9. The molecule has 1 aliphatic rings. The van der Waals surface area contributed by atoms with Gasteiger partial charge in [-0.15, -0.1) is 12.4 Å². The van der Waals surface area contributed by atoms with Gasteiger partial charge in [-0.1, -0.05) is 31.0 Å². The molecule has 1 aliphatic heterocycles. The van der Waals surface area contributed by atoms with Crippen LogP contribution in [0.25, 0.3) is 0 Å². The normalized spacial score (nSPS) is 13.8. The van der Waals surface area contributed by atoms with Gasteiger partial charge in [-0.05, 0) is 67.6 Å². The molecule has 0 bridgehead atoms. The summed E-state index contributed by atoms with van der Waals surface area (Å²) in [7, 11) is -3.37. The van der Waals surface area contributed by atoms with Gasteiger partial charge in [-0.2, -0.15) is 0 Å². The van der Waals surface area contributed by atoms with Gasteiger partial charge in [0.2, 0.25) is 21.8 Å². The van der Waals surface area contributed by atoms with Gasteiger partial charge < -0.3 is 20.7 Å². The molecule has 0 saturated carbocycles. The van der Waals surface area contributed by atoms with E-state index in [0.717, 1.165) is 62.2 Å². The number of nitrogens with two attached hydrogens (primary N) is 1. The summed E-state index contributed by atoms with van der Waals surface area (Å²) in [5.41, 5.74) is 7.35. The fourth-order valence-electron chi connectivity index (χ4n) is 5.17. The number of carbonyl (C=O) groups is 2. The maximum absolute atomic E-state index is 14.6. The van der Waals surface area contributed by atoms with Crippen molar-refractivity contribution < 1.29 is 27.1 Å². The molecule has 0 unspecified atom stereocenters. The maximum atomic E-state index is 14.6. The Labute approximate surface area is 280 Å². The zero-order chi connectivity index (χ0) is 32.7. The molecule has 1 aromatic heterocycles. The lowest BCUT2D eigenvalue weighted by molar-refractivity contribution is 0.1000. The third-order valence-electron chi connectivity index (χ3n) is 7.47. The first-order chi connectivity index (χ1) is 21.3. The number of unbranched alkanes of at least 4 members (excludes halogenated alkanes) is 1. The van der Waals surface area contributed by atoms with E-state index in [1.807, 2.05) is 19.9 Å². The van der Waals surface area contributed by atoms with Crippen molar-refractivity contribution >= 4 is 57.3 Å². The fourth-order valence-corrected chi connectivity index (χ4v) is 5.96. The van der Waals surface area contributed by atoms with E-state index < -0.39 is 27.8 Å². The number of piperidine rings is 1. The molecule has 15 heteroatoms. The van der Waals surface area contributed by atoms with Crippen LogP contribution in [0.1, 0.15) is 54.1 Å². The molecule has 250 valence electrons. The number of urea groups is 1. The van der Waals surface area contributed by atoms with Gasteiger partial charge in [0, 0.05) is 50.2 Å². The predicted octanol–water partition coefficient (Wildman–Crippen LogP) is 6.17. The summed E-state index contributed by atoms with van der Waals surface area (Å²) in [5.74, 6) is -0.569. The Morgan fingerprint density at radius 2 is 1.89 bits per heavy atom. The smallest absolute Gasteiger partial charge is 0.322 e. The van der Waals surface area contributed by atoms with E-state index in [0.29, 0.717) is 30.4 Å². The number of hydrogen-bond donors (Lipinski definition) is 3. The van der Waals surface area contributed by atoms with Gasteiger partial charge in [0.15, 0.2) is 0 Å². The Morgan fingerprint density at radius 3 is 2.48 bits per heavy atom. The summed E-state index contributed by atoms with van der Waals surface area (Å²) >= 11 is 5.93. The van der Waals surface area contributed by atoms with E-state index in [9.17, 15) is 22.4 Å². The summed E-state index contributed by atoms with van der Waals surface area (Å²) in [5, 5.41) is 2.50. The number of primary amides is 1. The Kier molecular flexibility index (Phi) is 13.0. The maximum Gasteiger partial charge on any atom is 0.322 e. The lowest BCUT2D eigenvalue weighted by atomic mass is 10.0.